The first-order valence-electron chi connectivity index (χ1n) is 5.43. The fourth-order valence-electron chi connectivity index (χ4n) is 1.26. The molecule has 1 aromatic carbocycles. The molecule has 7 heteroatoms. The third-order valence-corrected chi connectivity index (χ3v) is 4.29. The van der Waals surface area contributed by atoms with Crippen LogP contribution in [0.2, 0.25) is 0 Å². The van der Waals surface area contributed by atoms with Gasteiger partial charge < -0.3 is 9.84 Å². The number of hydrogen-bond donors (Lipinski definition) is 2. The average Bonchev–Trinajstić information content (AvgIpc) is 2.38. The van der Waals surface area contributed by atoms with Gasteiger partial charge in [-0.15, -0.1) is 0 Å². The van der Waals surface area contributed by atoms with E-state index in [9.17, 15) is 8.42 Å². The summed E-state index contributed by atoms with van der Waals surface area (Å²) in [5, 5.41) is 9.18. The van der Waals surface area contributed by atoms with Gasteiger partial charge in [0.05, 0.1) is 24.7 Å². The lowest BCUT2D eigenvalue weighted by molar-refractivity contribution is 0.0961. The lowest BCUT2D eigenvalue weighted by Crippen LogP contribution is -2.27. The van der Waals surface area contributed by atoms with E-state index >= 15 is 0 Å². The Morgan fingerprint density at radius 2 is 1.89 bits per heavy atom. The van der Waals surface area contributed by atoms with Crippen LogP contribution >= 0.6 is 15.9 Å². The summed E-state index contributed by atoms with van der Waals surface area (Å²) in [5.41, 5.74) is 1.01. The van der Waals surface area contributed by atoms with Gasteiger partial charge >= 0.3 is 0 Å². The molecule has 0 aliphatic heterocycles. The summed E-state index contributed by atoms with van der Waals surface area (Å²) in [4.78, 5) is 0.231. The molecule has 0 heterocycles. The smallest absolute Gasteiger partial charge is 0.240 e. The van der Waals surface area contributed by atoms with Crippen LogP contribution in [0.4, 0.5) is 0 Å². The highest BCUT2D eigenvalue weighted by molar-refractivity contribution is 9.08. The van der Waals surface area contributed by atoms with Gasteiger partial charge in [-0.25, -0.2) is 13.1 Å². The zero-order chi connectivity index (χ0) is 13.4. The highest BCUT2D eigenvalue weighted by atomic mass is 79.9. The summed E-state index contributed by atoms with van der Waals surface area (Å²) in [7, 11) is -3.48. The molecular weight excluding hydrogens is 322 g/mol. The molecule has 1 aromatic rings. The molecule has 102 valence electrons. The van der Waals surface area contributed by atoms with Crippen molar-refractivity contribution >= 4 is 26.0 Å². The van der Waals surface area contributed by atoms with Crippen LogP contribution in [0.3, 0.4) is 0 Å². The van der Waals surface area contributed by atoms with E-state index in [1.807, 2.05) is 0 Å². The Balaban J connectivity index is 2.51. The second-order valence-electron chi connectivity index (χ2n) is 3.51. The number of sulfonamides is 1. The molecule has 5 nitrogen and oxygen atoms in total. The maximum absolute atomic E-state index is 11.8. The van der Waals surface area contributed by atoms with Gasteiger partial charge in [-0.3, -0.25) is 0 Å². The molecule has 0 radical (unpaired) electrons. The highest BCUT2D eigenvalue weighted by Gasteiger charge is 2.12. The van der Waals surface area contributed by atoms with E-state index in [0.29, 0.717) is 5.33 Å². The Bertz CT molecular complexity index is 447. The first kappa shape index (κ1) is 15.6. The summed E-state index contributed by atoms with van der Waals surface area (Å²) in [6.45, 7) is 0.560. The van der Waals surface area contributed by atoms with Crippen molar-refractivity contribution in [2.75, 3.05) is 26.4 Å². The number of aliphatic hydroxyl groups is 1. The van der Waals surface area contributed by atoms with Crippen LogP contribution in [0.15, 0.2) is 29.2 Å². The van der Waals surface area contributed by atoms with Crippen LogP contribution < -0.4 is 4.72 Å². The summed E-state index contributed by atoms with van der Waals surface area (Å²) in [5.74, 6) is 0. The lowest BCUT2D eigenvalue weighted by atomic mass is 10.2. The molecule has 0 spiro atoms. The first-order chi connectivity index (χ1) is 8.60. The van der Waals surface area contributed by atoms with Crippen molar-refractivity contribution in [1.29, 1.82) is 0 Å². The molecule has 0 saturated carbocycles. The largest absolute Gasteiger partial charge is 0.394 e. The molecule has 1 rings (SSSR count). The Hall–Kier alpha value is -0.470. The number of rotatable bonds is 8. The van der Waals surface area contributed by atoms with Crippen molar-refractivity contribution in [2.45, 2.75) is 10.2 Å². The van der Waals surface area contributed by atoms with Crippen LogP contribution in [-0.4, -0.2) is 39.9 Å². The van der Waals surface area contributed by atoms with Gasteiger partial charge in [0, 0.05) is 11.9 Å². The van der Waals surface area contributed by atoms with E-state index in [4.69, 9.17) is 9.84 Å². The van der Waals surface area contributed by atoms with Crippen molar-refractivity contribution < 1.29 is 18.3 Å². The van der Waals surface area contributed by atoms with Gasteiger partial charge in [0.15, 0.2) is 0 Å². The quantitative estimate of drug-likeness (QED) is 0.545. The van der Waals surface area contributed by atoms with Gasteiger partial charge in [-0.05, 0) is 17.7 Å². The number of nitrogens with one attached hydrogen (secondary N) is 1. The van der Waals surface area contributed by atoms with E-state index in [1.165, 1.54) is 0 Å². The fraction of sp³-hybridized carbons (Fsp3) is 0.455. The second kappa shape index (κ2) is 7.85. The summed E-state index contributed by atoms with van der Waals surface area (Å²) in [6.07, 6.45) is 0. The van der Waals surface area contributed by atoms with Crippen molar-refractivity contribution in [3.63, 3.8) is 0 Å². The highest BCUT2D eigenvalue weighted by Crippen LogP contribution is 2.12. The summed E-state index contributed by atoms with van der Waals surface area (Å²) >= 11 is 3.30. The van der Waals surface area contributed by atoms with E-state index in [2.05, 4.69) is 20.7 Å². The minimum absolute atomic E-state index is 0.0687. The molecule has 0 saturated heterocycles. The Morgan fingerprint density at radius 3 is 2.44 bits per heavy atom. The zero-order valence-corrected chi connectivity index (χ0v) is 12.2. The van der Waals surface area contributed by atoms with E-state index in [-0.39, 0.29) is 31.3 Å². The number of halogens is 1. The molecule has 0 aliphatic rings. The molecule has 0 aromatic heterocycles. The number of benzene rings is 1. The third-order valence-electron chi connectivity index (χ3n) is 2.16. The SMILES string of the molecule is O=S(=O)(NCCOCCO)c1ccc(CBr)cc1. The minimum atomic E-state index is -3.48. The van der Waals surface area contributed by atoms with Crippen molar-refractivity contribution in [1.82, 2.24) is 4.72 Å². The molecule has 18 heavy (non-hydrogen) atoms. The maximum atomic E-state index is 11.8. The molecule has 0 fully saturated rings. The second-order valence-corrected chi connectivity index (χ2v) is 5.84. The molecule has 0 aliphatic carbocycles. The van der Waals surface area contributed by atoms with Gasteiger partial charge in [-0.1, -0.05) is 28.1 Å². The topological polar surface area (TPSA) is 75.6 Å². The van der Waals surface area contributed by atoms with E-state index < -0.39 is 10.0 Å². The average molecular weight is 338 g/mol. The molecular formula is C11H16BrNO4S. The van der Waals surface area contributed by atoms with E-state index in [0.717, 1.165) is 5.56 Å². The first-order valence-corrected chi connectivity index (χ1v) is 8.04. The molecule has 2 N–H and O–H groups in total. The van der Waals surface area contributed by atoms with Crippen molar-refractivity contribution in [3.8, 4) is 0 Å². The molecule has 0 atom stereocenters. The standard InChI is InChI=1S/C11H16BrNO4S/c12-9-10-1-3-11(4-2-10)18(15,16)13-5-7-17-8-6-14/h1-4,13-14H,5-9H2. The predicted molar refractivity (Wildman–Crippen MR) is 72.2 cm³/mol. The molecule has 0 amide bonds. The maximum Gasteiger partial charge on any atom is 0.240 e. The molecule has 0 unspecified atom stereocenters. The fourth-order valence-corrected chi connectivity index (χ4v) is 2.64. The van der Waals surface area contributed by atoms with Gasteiger partial charge in [0.25, 0.3) is 0 Å². The summed E-state index contributed by atoms with van der Waals surface area (Å²) in [6, 6.07) is 6.64. The van der Waals surface area contributed by atoms with Crippen molar-refractivity contribution in [2.24, 2.45) is 0 Å². The zero-order valence-electron chi connectivity index (χ0n) is 9.80. The normalized spacial score (nSPS) is 11.7. The van der Waals surface area contributed by atoms with Crippen LogP contribution in [0.5, 0.6) is 0 Å². The predicted octanol–water partition coefficient (Wildman–Crippen LogP) is 0.869. The monoisotopic (exact) mass is 337 g/mol. The number of aliphatic hydroxyl groups excluding tert-OH is 1. The van der Waals surface area contributed by atoms with Gasteiger partial charge in [0.1, 0.15) is 0 Å². The Kier molecular flexibility index (Phi) is 6.80. The van der Waals surface area contributed by atoms with Crippen LogP contribution in [0, 0.1) is 0 Å². The minimum Gasteiger partial charge on any atom is -0.394 e. The number of hydrogen-bond acceptors (Lipinski definition) is 4. The lowest BCUT2D eigenvalue weighted by Gasteiger charge is -2.07. The number of alkyl halides is 1. The molecule has 0 bridgehead atoms. The van der Waals surface area contributed by atoms with Crippen LogP contribution in [-0.2, 0) is 20.1 Å². The third kappa shape index (κ3) is 5.03. The van der Waals surface area contributed by atoms with Gasteiger partial charge in [-0.2, -0.15) is 0 Å². The van der Waals surface area contributed by atoms with Gasteiger partial charge in [0.2, 0.25) is 10.0 Å². The van der Waals surface area contributed by atoms with Crippen molar-refractivity contribution in [3.05, 3.63) is 29.8 Å². The number of ether oxygens (including phenoxy) is 1. The van der Waals surface area contributed by atoms with Crippen LogP contribution in [0.25, 0.3) is 0 Å². The van der Waals surface area contributed by atoms with Crippen LogP contribution in [0.1, 0.15) is 5.56 Å². The summed E-state index contributed by atoms with van der Waals surface area (Å²) < 4.78 is 31.1. The Morgan fingerprint density at radius 1 is 1.22 bits per heavy atom. The Labute approximate surface area is 115 Å². The van der Waals surface area contributed by atoms with E-state index in [1.54, 1.807) is 24.3 Å².